The molecule has 2 rings (SSSR count). The molecule has 0 bridgehead atoms. The SMILES string of the molecule is CCC(C)c1cc(C(=O)N2CCCCC2CCC(=O)O)on1. The van der Waals surface area contributed by atoms with Crippen LogP contribution in [0.1, 0.15) is 74.5 Å². The number of rotatable bonds is 6. The molecule has 1 aliphatic rings. The predicted octanol–water partition coefficient (Wildman–Crippen LogP) is 3.05. The lowest BCUT2D eigenvalue weighted by Gasteiger charge is -2.34. The molecule has 0 saturated carbocycles. The van der Waals surface area contributed by atoms with Crippen LogP contribution in [0.15, 0.2) is 10.6 Å². The first kappa shape index (κ1) is 16.5. The normalized spacial score (nSPS) is 19.9. The van der Waals surface area contributed by atoms with Gasteiger partial charge in [-0.05, 0) is 32.1 Å². The minimum atomic E-state index is -0.823. The summed E-state index contributed by atoms with van der Waals surface area (Å²) in [6.45, 7) is 4.76. The molecule has 1 amide bonds. The zero-order valence-corrected chi connectivity index (χ0v) is 13.2. The van der Waals surface area contributed by atoms with E-state index in [1.165, 1.54) is 0 Å². The Bertz CT molecular complexity index is 526. The molecule has 0 aromatic carbocycles. The maximum atomic E-state index is 12.6. The van der Waals surface area contributed by atoms with Crippen molar-refractivity contribution in [2.24, 2.45) is 0 Å². The minimum Gasteiger partial charge on any atom is -0.481 e. The molecule has 1 aromatic rings. The van der Waals surface area contributed by atoms with Crippen LogP contribution in [0.3, 0.4) is 0 Å². The molecule has 1 fully saturated rings. The van der Waals surface area contributed by atoms with E-state index in [4.69, 9.17) is 9.63 Å². The van der Waals surface area contributed by atoms with Gasteiger partial charge in [-0.1, -0.05) is 19.0 Å². The molecule has 6 nitrogen and oxygen atoms in total. The molecule has 0 spiro atoms. The lowest BCUT2D eigenvalue weighted by molar-refractivity contribution is -0.137. The van der Waals surface area contributed by atoms with Gasteiger partial charge in [0.2, 0.25) is 5.76 Å². The Balaban J connectivity index is 2.08. The zero-order chi connectivity index (χ0) is 16.1. The van der Waals surface area contributed by atoms with Crippen LogP contribution in [-0.4, -0.2) is 39.6 Å². The van der Waals surface area contributed by atoms with Gasteiger partial charge in [0.1, 0.15) is 0 Å². The Hall–Kier alpha value is -1.85. The molecule has 6 heteroatoms. The van der Waals surface area contributed by atoms with Gasteiger partial charge in [-0.15, -0.1) is 0 Å². The van der Waals surface area contributed by atoms with E-state index in [1.54, 1.807) is 11.0 Å². The third-order valence-corrected chi connectivity index (χ3v) is 4.44. The van der Waals surface area contributed by atoms with Crippen molar-refractivity contribution in [3.63, 3.8) is 0 Å². The molecule has 0 aliphatic carbocycles. The van der Waals surface area contributed by atoms with E-state index in [1.807, 2.05) is 6.92 Å². The number of aliphatic carboxylic acids is 1. The number of aromatic nitrogens is 1. The highest BCUT2D eigenvalue weighted by atomic mass is 16.5. The first-order chi connectivity index (χ1) is 10.5. The smallest absolute Gasteiger partial charge is 0.303 e. The predicted molar refractivity (Wildman–Crippen MR) is 80.8 cm³/mol. The van der Waals surface area contributed by atoms with E-state index in [0.717, 1.165) is 31.4 Å². The topological polar surface area (TPSA) is 83.6 Å². The van der Waals surface area contributed by atoms with Crippen molar-refractivity contribution in [3.8, 4) is 0 Å². The second-order valence-electron chi connectivity index (χ2n) is 6.01. The Kier molecular flexibility index (Phi) is 5.57. The maximum Gasteiger partial charge on any atom is 0.303 e. The van der Waals surface area contributed by atoms with Gasteiger partial charge in [0.05, 0.1) is 5.69 Å². The van der Waals surface area contributed by atoms with Gasteiger partial charge in [0, 0.05) is 31.0 Å². The van der Waals surface area contributed by atoms with E-state index in [-0.39, 0.29) is 30.0 Å². The fourth-order valence-electron chi connectivity index (χ4n) is 2.83. The van der Waals surface area contributed by atoms with E-state index < -0.39 is 5.97 Å². The van der Waals surface area contributed by atoms with Gasteiger partial charge >= 0.3 is 5.97 Å². The summed E-state index contributed by atoms with van der Waals surface area (Å²) in [6, 6.07) is 1.70. The molecule has 2 unspecified atom stereocenters. The molecule has 2 atom stereocenters. The summed E-state index contributed by atoms with van der Waals surface area (Å²) in [5.41, 5.74) is 0.796. The molecule has 22 heavy (non-hydrogen) atoms. The molecular formula is C16H24N2O4. The molecule has 1 saturated heterocycles. The summed E-state index contributed by atoms with van der Waals surface area (Å²) in [7, 11) is 0. The van der Waals surface area contributed by atoms with Crippen molar-refractivity contribution in [1.82, 2.24) is 10.1 Å². The maximum absolute atomic E-state index is 12.6. The third-order valence-electron chi connectivity index (χ3n) is 4.44. The summed E-state index contributed by atoms with van der Waals surface area (Å²) in [5.74, 6) is -0.471. The summed E-state index contributed by atoms with van der Waals surface area (Å²) >= 11 is 0. The minimum absolute atomic E-state index is 0.0190. The van der Waals surface area contributed by atoms with Crippen molar-refractivity contribution in [2.75, 3.05) is 6.54 Å². The third kappa shape index (κ3) is 3.87. The number of carboxylic acids is 1. The number of carbonyl (C=O) groups is 2. The molecule has 1 aliphatic heterocycles. The fourth-order valence-corrected chi connectivity index (χ4v) is 2.83. The van der Waals surface area contributed by atoms with Crippen LogP contribution in [-0.2, 0) is 4.79 Å². The van der Waals surface area contributed by atoms with Crippen molar-refractivity contribution in [3.05, 3.63) is 17.5 Å². The van der Waals surface area contributed by atoms with Gasteiger partial charge < -0.3 is 14.5 Å². The van der Waals surface area contributed by atoms with Crippen LogP contribution in [0.25, 0.3) is 0 Å². The Morgan fingerprint density at radius 1 is 1.50 bits per heavy atom. The molecule has 1 N–H and O–H groups in total. The second-order valence-corrected chi connectivity index (χ2v) is 6.01. The lowest BCUT2D eigenvalue weighted by Crippen LogP contribution is -2.43. The fraction of sp³-hybridized carbons (Fsp3) is 0.688. The molecular weight excluding hydrogens is 284 g/mol. The Morgan fingerprint density at radius 2 is 2.27 bits per heavy atom. The standard InChI is InChI=1S/C16H24N2O4/c1-3-11(2)13-10-14(22-17-13)16(21)18-9-5-4-6-12(18)7-8-15(19)20/h10-12H,3-9H2,1-2H3,(H,19,20). The van der Waals surface area contributed by atoms with Crippen molar-refractivity contribution in [2.45, 2.75) is 64.3 Å². The lowest BCUT2D eigenvalue weighted by atomic mass is 9.97. The quantitative estimate of drug-likeness (QED) is 0.873. The van der Waals surface area contributed by atoms with Crippen molar-refractivity contribution < 1.29 is 19.2 Å². The van der Waals surface area contributed by atoms with Crippen molar-refractivity contribution in [1.29, 1.82) is 0 Å². The first-order valence-corrected chi connectivity index (χ1v) is 8.02. The number of carboxylic acid groups (broad SMARTS) is 1. The second kappa shape index (κ2) is 7.42. The van der Waals surface area contributed by atoms with Gasteiger partial charge in [0.15, 0.2) is 0 Å². The number of piperidine rings is 1. The van der Waals surface area contributed by atoms with E-state index in [2.05, 4.69) is 12.1 Å². The monoisotopic (exact) mass is 308 g/mol. The molecule has 122 valence electrons. The first-order valence-electron chi connectivity index (χ1n) is 8.02. The number of likely N-dealkylation sites (tertiary alicyclic amines) is 1. The highest BCUT2D eigenvalue weighted by Gasteiger charge is 2.30. The molecule has 0 radical (unpaired) electrons. The van der Waals surface area contributed by atoms with Crippen LogP contribution in [0.2, 0.25) is 0 Å². The van der Waals surface area contributed by atoms with Crippen molar-refractivity contribution >= 4 is 11.9 Å². The summed E-state index contributed by atoms with van der Waals surface area (Å²) in [6.07, 6.45) is 4.34. The van der Waals surface area contributed by atoms with E-state index in [0.29, 0.717) is 13.0 Å². The van der Waals surface area contributed by atoms with Gasteiger partial charge in [-0.2, -0.15) is 0 Å². The Labute approximate surface area is 130 Å². The molecule has 2 heterocycles. The van der Waals surface area contributed by atoms with Crippen LogP contribution >= 0.6 is 0 Å². The van der Waals surface area contributed by atoms with Gasteiger partial charge in [-0.3, -0.25) is 9.59 Å². The number of nitrogens with zero attached hydrogens (tertiary/aromatic N) is 2. The number of carbonyl (C=O) groups excluding carboxylic acids is 1. The highest BCUT2D eigenvalue weighted by Crippen LogP contribution is 2.25. The van der Waals surface area contributed by atoms with Crippen LogP contribution in [0, 0.1) is 0 Å². The van der Waals surface area contributed by atoms with E-state index >= 15 is 0 Å². The van der Waals surface area contributed by atoms with Crippen LogP contribution in [0.4, 0.5) is 0 Å². The highest BCUT2D eigenvalue weighted by molar-refractivity contribution is 5.91. The molecule has 1 aromatic heterocycles. The largest absolute Gasteiger partial charge is 0.481 e. The zero-order valence-electron chi connectivity index (χ0n) is 13.2. The number of hydrogen-bond donors (Lipinski definition) is 1. The van der Waals surface area contributed by atoms with Crippen LogP contribution in [0.5, 0.6) is 0 Å². The van der Waals surface area contributed by atoms with Gasteiger partial charge in [-0.25, -0.2) is 0 Å². The number of hydrogen-bond acceptors (Lipinski definition) is 4. The van der Waals surface area contributed by atoms with Gasteiger partial charge in [0.25, 0.3) is 5.91 Å². The summed E-state index contributed by atoms with van der Waals surface area (Å²) < 4.78 is 5.22. The van der Waals surface area contributed by atoms with E-state index in [9.17, 15) is 9.59 Å². The van der Waals surface area contributed by atoms with Crippen LogP contribution < -0.4 is 0 Å². The summed E-state index contributed by atoms with van der Waals surface area (Å²) in [5, 5.41) is 12.8. The summed E-state index contributed by atoms with van der Waals surface area (Å²) in [4.78, 5) is 25.1. The average Bonchev–Trinajstić information content (AvgIpc) is 3.01. The Morgan fingerprint density at radius 3 is 2.95 bits per heavy atom. The average molecular weight is 308 g/mol. The number of amides is 1.